The van der Waals surface area contributed by atoms with Crippen molar-refractivity contribution in [1.29, 1.82) is 0 Å². The van der Waals surface area contributed by atoms with Gasteiger partial charge in [-0.3, -0.25) is 0 Å². The standard InChI is InChI=1S/C15H27N3/c1-4-5-15-17-8-9-18(15)14-10-12(11(2)3)6-7-13(14)16/h8-9,11-14H,4-7,10,16H2,1-3H3. The molecule has 18 heavy (non-hydrogen) atoms. The molecule has 0 aromatic carbocycles. The Balaban J connectivity index is 2.16. The van der Waals surface area contributed by atoms with Gasteiger partial charge < -0.3 is 10.3 Å². The van der Waals surface area contributed by atoms with Crippen molar-refractivity contribution in [3.05, 3.63) is 18.2 Å². The van der Waals surface area contributed by atoms with Crippen molar-refractivity contribution < 1.29 is 0 Å². The summed E-state index contributed by atoms with van der Waals surface area (Å²) in [4.78, 5) is 4.49. The van der Waals surface area contributed by atoms with Crippen LogP contribution in [0.1, 0.15) is 58.3 Å². The predicted molar refractivity (Wildman–Crippen MR) is 75.4 cm³/mol. The summed E-state index contributed by atoms with van der Waals surface area (Å²) in [6, 6.07) is 0.750. The summed E-state index contributed by atoms with van der Waals surface area (Å²) in [7, 11) is 0. The lowest BCUT2D eigenvalue weighted by atomic mass is 9.77. The van der Waals surface area contributed by atoms with Crippen LogP contribution < -0.4 is 5.73 Å². The number of aryl methyl sites for hydroxylation is 1. The summed E-state index contributed by atoms with van der Waals surface area (Å²) in [6.45, 7) is 6.87. The molecule has 1 heterocycles. The molecule has 3 heteroatoms. The minimum absolute atomic E-state index is 0.296. The molecule has 0 amide bonds. The largest absolute Gasteiger partial charge is 0.330 e. The van der Waals surface area contributed by atoms with Gasteiger partial charge >= 0.3 is 0 Å². The summed E-state index contributed by atoms with van der Waals surface area (Å²) >= 11 is 0. The van der Waals surface area contributed by atoms with Crippen molar-refractivity contribution in [1.82, 2.24) is 9.55 Å². The molecule has 0 aliphatic heterocycles. The van der Waals surface area contributed by atoms with Gasteiger partial charge in [-0.2, -0.15) is 0 Å². The van der Waals surface area contributed by atoms with Gasteiger partial charge in [0.25, 0.3) is 0 Å². The highest BCUT2D eigenvalue weighted by atomic mass is 15.1. The van der Waals surface area contributed by atoms with Crippen LogP contribution in [0.2, 0.25) is 0 Å². The zero-order valence-corrected chi connectivity index (χ0v) is 12.0. The molecule has 3 atom stereocenters. The van der Waals surface area contributed by atoms with Gasteiger partial charge in [-0.1, -0.05) is 20.8 Å². The average Bonchev–Trinajstić information content (AvgIpc) is 2.78. The van der Waals surface area contributed by atoms with Crippen LogP contribution in [0.15, 0.2) is 12.4 Å². The molecular weight excluding hydrogens is 222 g/mol. The van der Waals surface area contributed by atoms with Crippen LogP contribution in [0.25, 0.3) is 0 Å². The number of aromatic nitrogens is 2. The molecule has 0 spiro atoms. The zero-order chi connectivity index (χ0) is 13.1. The molecule has 1 aromatic rings. The Kier molecular flexibility index (Phi) is 4.44. The molecule has 0 bridgehead atoms. The van der Waals surface area contributed by atoms with Crippen LogP contribution in [-0.4, -0.2) is 15.6 Å². The van der Waals surface area contributed by atoms with Gasteiger partial charge in [0.2, 0.25) is 0 Å². The third kappa shape index (κ3) is 2.77. The van der Waals surface area contributed by atoms with Crippen LogP contribution in [-0.2, 0) is 6.42 Å². The SMILES string of the molecule is CCCc1nccn1C1CC(C(C)C)CCC1N. The quantitative estimate of drug-likeness (QED) is 0.890. The Morgan fingerprint density at radius 1 is 1.44 bits per heavy atom. The second kappa shape index (κ2) is 5.87. The maximum Gasteiger partial charge on any atom is 0.108 e. The first-order valence-electron chi connectivity index (χ1n) is 7.40. The smallest absolute Gasteiger partial charge is 0.108 e. The van der Waals surface area contributed by atoms with Crippen molar-refractivity contribution in [3.8, 4) is 0 Å². The first-order chi connectivity index (χ1) is 8.63. The van der Waals surface area contributed by atoms with Gasteiger partial charge in [0.1, 0.15) is 5.82 Å². The van der Waals surface area contributed by atoms with Crippen molar-refractivity contribution >= 4 is 0 Å². The number of hydrogen-bond acceptors (Lipinski definition) is 2. The molecule has 1 saturated carbocycles. The van der Waals surface area contributed by atoms with Crippen molar-refractivity contribution in [2.45, 2.75) is 65.0 Å². The minimum Gasteiger partial charge on any atom is -0.330 e. The third-order valence-corrected chi connectivity index (χ3v) is 4.43. The lowest BCUT2D eigenvalue weighted by Gasteiger charge is -2.37. The molecule has 1 aromatic heterocycles. The van der Waals surface area contributed by atoms with E-state index in [0.717, 1.165) is 31.1 Å². The molecule has 0 radical (unpaired) electrons. The predicted octanol–water partition coefficient (Wildman–Crippen LogP) is 3.16. The van der Waals surface area contributed by atoms with Crippen LogP contribution in [0.5, 0.6) is 0 Å². The monoisotopic (exact) mass is 249 g/mol. The minimum atomic E-state index is 0.296. The Hall–Kier alpha value is -0.830. The molecule has 1 aliphatic rings. The number of nitrogens with two attached hydrogens (primary N) is 1. The maximum absolute atomic E-state index is 6.35. The topological polar surface area (TPSA) is 43.8 Å². The molecular formula is C15H27N3. The Morgan fingerprint density at radius 2 is 2.22 bits per heavy atom. The van der Waals surface area contributed by atoms with Gasteiger partial charge in [-0.25, -0.2) is 4.98 Å². The molecule has 2 rings (SSSR count). The lowest BCUT2D eigenvalue weighted by Crippen LogP contribution is -2.39. The van der Waals surface area contributed by atoms with E-state index in [1.165, 1.54) is 18.7 Å². The zero-order valence-electron chi connectivity index (χ0n) is 12.0. The third-order valence-electron chi connectivity index (χ3n) is 4.43. The fourth-order valence-electron chi connectivity index (χ4n) is 3.19. The molecule has 1 fully saturated rings. The molecule has 2 N–H and O–H groups in total. The molecule has 1 aliphatic carbocycles. The lowest BCUT2D eigenvalue weighted by molar-refractivity contribution is 0.190. The van der Waals surface area contributed by atoms with Crippen molar-refractivity contribution in [2.75, 3.05) is 0 Å². The van der Waals surface area contributed by atoms with E-state index in [0.29, 0.717) is 12.1 Å². The van der Waals surface area contributed by atoms with Crippen LogP contribution in [0.3, 0.4) is 0 Å². The fourth-order valence-corrected chi connectivity index (χ4v) is 3.19. The van der Waals surface area contributed by atoms with E-state index in [1.807, 2.05) is 6.20 Å². The van der Waals surface area contributed by atoms with E-state index in [1.54, 1.807) is 0 Å². The fraction of sp³-hybridized carbons (Fsp3) is 0.800. The summed E-state index contributed by atoms with van der Waals surface area (Å²) in [5.41, 5.74) is 6.35. The number of hydrogen-bond donors (Lipinski definition) is 1. The summed E-state index contributed by atoms with van der Waals surface area (Å²) in [5.74, 6) is 2.78. The number of nitrogens with zero attached hydrogens (tertiary/aromatic N) is 2. The number of rotatable bonds is 4. The normalized spacial score (nSPS) is 28.8. The summed E-state index contributed by atoms with van der Waals surface area (Å²) in [6.07, 6.45) is 9.90. The van der Waals surface area contributed by atoms with Gasteiger partial charge in [-0.15, -0.1) is 0 Å². The highest BCUT2D eigenvalue weighted by Crippen LogP contribution is 2.36. The van der Waals surface area contributed by atoms with E-state index in [4.69, 9.17) is 5.73 Å². The highest BCUT2D eigenvalue weighted by molar-refractivity contribution is 5.00. The Morgan fingerprint density at radius 3 is 2.89 bits per heavy atom. The van der Waals surface area contributed by atoms with E-state index < -0.39 is 0 Å². The van der Waals surface area contributed by atoms with E-state index in [9.17, 15) is 0 Å². The first-order valence-corrected chi connectivity index (χ1v) is 7.40. The number of imidazole rings is 1. The van der Waals surface area contributed by atoms with Crippen LogP contribution in [0.4, 0.5) is 0 Å². The maximum atomic E-state index is 6.35. The second-order valence-corrected chi connectivity index (χ2v) is 6.05. The average molecular weight is 249 g/mol. The summed E-state index contributed by atoms with van der Waals surface area (Å²) in [5, 5.41) is 0. The highest BCUT2D eigenvalue weighted by Gasteiger charge is 2.31. The summed E-state index contributed by atoms with van der Waals surface area (Å²) < 4.78 is 2.35. The second-order valence-electron chi connectivity index (χ2n) is 6.05. The molecule has 3 nitrogen and oxygen atoms in total. The Bertz CT molecular complexity index is 370. The Labute approximate surface area is 111 Å². The van der Waals surface area contributed by atoms with Gasteiger partial charge in [-0.05, 0) is 37.5 Å². The van der Waals surface area contributed by atoms with Crippen LogP contribution in [0, 0.1) is 11.8 Å². The van der Waals surface area contributed by atoms with Gasteiger partial charge in [0, 0.05) is 24.9 Å². The van der Waals surface area contributed by atoms with E-state index in [-0.39, 0.29) is 0 Å². The van der Waals surface area contributed by atoms with Crippen molar-refractivity contribution in [3.63, 3.8) is 0 Å². The van der Waals surface area contributed by atoms with E-state index >= 15 is 0 Å². The van der Waals surface area contributed by atoms with Gasteiger partial charge in [0.05, 0.1) is 6.04 Å². The van der Waals surface area contributed by atoms with E-state index in [2.05, 4.69) is 36.5 Å². The molecule has 0 saturated heterocycles. The van der Waals surface area contributed by atoms with Crippen LogP contribution >= 0.6 is 0 Å². The first kappa shape index (κ1) is 13.6. The van der Waals surface area contributed by atoms with Crippen molar-refractivity contribution in [2.24, 2.45) is 17.6 Å². The van der Waals surface area contributed by atoms with Gasteiger partial charge in [0.15, 0.2) is 0 Å². The molecule has 102 valence electrons. The molecule has 3 unspecified atom stereocenters.